The average molecular weight is 200 g/mol. The second-order valence-electron chi connectivity index (χ2n) is 1.96. The Hall–Kier alpha value is -0.320. The summed E-state index contributed by atoms with van der Waals surface area (Å²) < 4.78 is 0. The summed E-state index contributed by atoms with van der Waals surface area (Å²) >= 11 is 0. The van der Waals surface area contributed by atoms with E-state index in [-0.39, 0.29) is 30.7 Å². The molecule has 1 rings (SSSR count). The van der Waals surface area contributed by atoms with E-state index in [1.54, 1.807) is 7.05 Å². The van der Waals surface area contributed by atoms with Crippen LogP contribution in [0, 0.1) is 0 Å². The number of hydrogen-bond donors (Lipinski definition) is 1. The van der Waals surface area contributed by atoms with Gasteiger partial charge in [0.2, 0.25) is 5.91 Å². The summed E-state index contributed by atoms with van der Waals surface area (Å²) in [5, 5.41) is 5.19. The zero-order valence-electron chi connectivity index (χ0n) is 6.11. The Morgan fingerprint density at radius 2 is 2.18 bits per heavy atom. The summed E-state index contributed by atoms with van der Waals surface area (Å²) in [6.45, 7) is 0.385. The van der Waals surface area contributed by atoms with Crippen LogP contribution in [0.15, 0.2) is 5.10 Å². The molecule has 0 radical (unpaired) electrons. The highest BCUT2D eigenvalue weighted by Crippen LogP contribution is 2.02. The number of carbonyl (C=O) groups is 1. The van der Waals surface area contributed by atoms with Crippen molar-refractivity contribution in [2.24, 2.45) is 10.8 Å². The lowest BCUT2D eigenvalue weighted by Crippen LogP contribution is -2.15. The van der Waals surface area contributed by atoms with E-state index in [9.17, 15) is 4.79 Å². The minimum absolute atomic E-state index is 0. The van der Waals surface area contributed by atoms with Gasteiger partial charge in [0.25, 0.3) is 0 Å². The molecule has 0 unspecified atom stereocenters. The Bertz CT molecular complexity index is 171. The first-order valence-electron chi connectivity index (χ1n) is 2.77. The van der Waals surface area contributed by atoms with Gasteiger partial charge in [0, 0.05) is 13.6 Å². The highest BCUT2D eigenvalue weighted by atomic mass is 35.5. The van der Waals surface area contributed by atoms with Gasteiger partial charge < -0.3 is 5.73 Å². The summed E-state index contributed by atoms with van der Waals surface area (Å²) in [7, 11) is 1.63. The molecule has 0 atom stereocenters. The van der Waals surface area contributed by atoms with Crippen molar-refractivity contribution in [2.45, 2.75) is 6.42 Å². The van der Waals surface area contributed by atoms with E-state index in [1.807, 2.05) is 0 Å². The van der Waals surface area contributed by atoms with Crippen LogP contribution in [0.4, 0.5) is 0 Å². The zero-order chi connectivity index (χ0) is 6.85. The second-order valence-corrected chi connectivity index (χ2v) is 1.96. The molecule has 0 saturated heterocycles. The fourth-order valence-electron chi connectivity index (χ4n) is 0.705. The van der Waals surface area contributed by atoms with Gasteiger partial charge in [-0.3, -0.25) is 4.79 Å². The first-order valence-corrected chi connectivity index (χ1v) is 2.77. The maximum Gasteiger partial charge on any atom is 0.248 e. The monoisotopic (exact) mass is 199 g/mol. The van der Waals surface area contributed by atoms with Crippen LogP contribution in [0.25, 0.3) is 0 Å². The van der Waals surface area contributed by atoms with Crippen molar-refractivity contribution in [1.82, 2.24) is 5.01 Å². The number of amides is 1. The lowest BCUT2D eigenvalue weighted by Gasteiger charge is -1.98. The number of hydrogen-bond acceptors (Lipinski definition) is 3. The first kappa shape index (κ1) is 13.3. The Labute approximate surface area is 77.6 Å². The lowest BCUT2D eigenvalue weighted by atomic mass is 10.3. The molecule has 1 amide bonds. The molecule has 11 heavy (non-hydrogen) atoms. The smallest absolute Gasteiger partial charge is 0.248 e. The lowest BCUT2D eigenvalue weighted by molar-refractivity contribution is -0.127. The van der Waals surface area contributed by atoms with Crippen LogP contribution in [0.3, 0.4) is 0 Å². The van der Waals surface area contributed by atoms with Crippen molar-refractivity contribution < 1.29 is 4.79 Å². The molecule has 0 aliphatic carbocycles. The Kier molecular flexibility index (Phi) is 6.46. The third-order valence-corrected chi connectivity index (χ3v) is 1.24. The highest BCUT2D eigenvalue weighted by molar-refractivity contribution is 6.05. The van der Waals surface area contributed by atoms with Gasteiger partial charge in [-0.05, 0) is 0 Å². The molecule has 0 aromatic heterocycles. The van der Waals surface area contributed by atoms with Gasteiger partial charge in [0.05, 0.1) is 12.1 Å². The molecule has 1 heterocycles. The van der Waals surface area contributed by atoms with E-state index in [4.69, 9.17) is 5.73 Å². The number of nitrogens with two attached hydrogens (primary N) is 1. The van der Waals surface area contributed by atoms with Crippen molar-refractivity contribution in [3.8, 4) is 0 Å². The van der Waals surface area contributed by atoms with Crippen LogP contribution >= 0.6 is 24.8 Å². The van der Waals surface area contributed by atoms with Crippen LogP contribution in [0.2, 0.25) is 0 Å². The molecule has 2 N–H and O–H groups in total. The Morgan fingerprint density at radius 1 is 1.64 bits per heavy atom. The number of carbonyl (C=O) groups excluding carboxylic acids is 1. The number of rotatable bonds is 1. The standard InChI is InChI=1S/C5H9N3O.2ClH/c1-8-5(9)2-4(3-6)7-8;;/h2-3,6H2,1H3;2*1H. The zero-order valence-corrected chi connectivity index (χ0v) is 7.74. The predicted octanol–water partition coefficient (Wildman–Crippen LogP) is 0.00680. The van der Waals surface area contributed by atoms with Crippen molar-refractivity contribution in [1.29, 1.82) is 0 Å². The Morgan fingerprint density at radius 3 is 2.36 bits per heavy atom. The minimum atomic E-state index is 0. The van der Waals surface area contributed by atoms with Gasteiger partial charge in [0.15, 0.2) is 0 Å². The van der Waals surface area contributed by atoms with Gasteiger partial charge in [-0.25, -0.2) is 5.01 Å². The molecule has 0 saturated carbocycles. The van der Waals surface area contributed by atoms with Crippen molar-refractivity contribution in [3.05, 3.63) is 0 Å². The SMILES string of the molecule is CN1N=C(CN)CC1=O.Cl.Cl. The predicted molar refractivity (Wildman–Crippen MR) is 48.4 cm³/mol. The van der Waals surface area contributed by atoms with Crippen LogP contribution < -0.4 is 5.73 Å². The minimum Gasteiger partial charge on any atom is -0.325 e. The van der Waals surface area contributed by atoms with E-state index in [0.717, 1.165) is 5.71 Å². The van der Waals surface area contributed by atoms with Gasteiger partial charge >= 0.3 is 0 Å². The summed E-state index contributed by atoms with van der Waals surface area (Å²) in [5.41, 5.74) is 6.01. The van der Waals surface area contributed by atoms with E-state index >= 15 is 0 Å². The third kappa shape index (κ3) is 3.05. The van der Waals surface area contributed by atoms with Gasteiger partial charge in [-0.15, -0.1) is 24.8 Å². The fourth-order valence-corrected chi connectivity index (χ4v) is 0.705. The summed E-state index contributed by atoms with van der Waals surface area (Å²) in [6, 6.07) is 0. The molecule has 0 bridgehead atoms. The van der Waals surface area contributed by atoms with Gasteiger partial charge in [-0.1, -0.05) is 0 Å². The largest absolute Gasteiger partial charge is 0.325 e. The van der Waals surface area contributed by atoms with Crippen LogP contribution in [0.1, 0.15) is 6.42 Å². The highest BCUT2D eigenvalue weighted by Gasteiger charge is 2.17. The molecule has 1 aliphatic heterocycles. The summed E-state index contributed by atoms with van der Waals surface area (Å²) in [6.07, 6.45) is 0.396. The molecule has 66 valence electrons. The third-order valence-electron chi connectivity index (χ3n) is 1.24. The number of halogens is 2. The van der Waals surface area contributed by atoms with E-state index in [2.05, 4.69) is 5.10 Å². The van der Waals surface area contributed by atoms with Crippen LogP contribution in [0.5, 0.6) is 0 Å². The molecule has 4 nitrogen and oxygen atoms in total. The van der Waals surface area contributed by atoms with Gasteiger partial charge in [0.1, 0.15) is 0 Å². The first-order chi connectivity index (χ1) is 4.24. The summed E-state index contributed by atoms with van der Waals surface area (Å²) in [4.78, 5) is 10.7. The molecule has 6 heteroatoms. The number of nitrogens with zero attached hydrogens (tertiary/aromatic N) is 2. The molecule has 0 spiro atoms. The van der Waals surface area contributed by atoms with E-state index < -0.39 is 0 Å². The molecular weight excluding hydrogens is 189 g/mol. The van der Waals surface area contributed by atoms with Crippen molar-refractivity contribution in [2.75, 3.05) is 13.6 Å². The van der Waals surface area contributed by atoms with Crippen LogP contribution in [-0.4, -0.2) is 30.2 Å². The van der Waals surface area contributed by atoms with Crippen molar-refractivity contribution in [3.63, 3.8) is 0 Å². The maximum absolute atomic E-state index is 10.7. The molecular formula is C5H11Cl2N3O. The second kappa shape index (κ2) is 5.35. The molecule has 0 aromatic carbocycles. The molecule has 1 aliphatic rings. The summed E-state index contributed by atoms with van der Waals surface area (Å²) in [5.74, 6) is 0.0236. The van der Waals surface area contributed by atoms with E-state index in [1.165, 1.54) is 5.01 Å². The number of hydrazone groups is 1. The van der Waals surface area contributed by atoms with E-state index in [0.29, 0.717) is 13.0 Å². The Balaban J connectivity index is 0. The van der Waals surface area contributed by atoms with Crippen LogP contribution in [-0.2, 0) is 4.79 Å². The fraction of sp³-hybridized carbons (Fsp3) is 0.600. The quantitative estimate of drug-likeness (QED) is 0.647. The average Bonchev–Trinajstić information content (AvgIpc) is 2.13. The van der Waals surface area contributed by atoms with Crippen molar-refractivity contribution >= 4 is 36.4 Å². The van der Waals surface area contributed by atoms with Gasteiger partial charge in [-0.2, -0.15) is 5.10 Å². The topological polar surface area (TPSA) is 58.7 Å². The molecule has 0 fully saturated rings. The molecule has 0 aromatic rings. The normalized spacial score (nSPS) is 15.3. The maximum atomic E-state index is 10.7.